The summed E-state index contributed by atoms with van der Waals surface area (Å²) in [5, 5.41) is 3.00. The Morgan fingerprint density at radius 2 is 1.62 bits per heavy atom. The number of nitrogens with one attached hydrogen (secondary N) is 1. The van der Waals surface area contributed by atoms with Crippen molar-refractivity contribution in [1.82, 2.24) is 4.90 Å². The predicted molar refractivity (Wildman–Crippen MR) is 115 cm³/mol. The van der Waals surface area contributed by atoms with Crippen LogP contribution in [0.4, 0.5) is 15.3 Å². The molecule has 0 aliphatic carbocycles. The molecule has 0 radical (unpaired) electrons. The maximum absolute atomic E-state index is 12.6. The predicted octanol–water partition coefficient (Wildman–Crippen LogP) is 4.50. The monoisotopic (exact) mass is 406 g/mol. The van der Waals surface area contributed by atoms with Gasteiger partial charge in [-0.3, -0.25) is 4.99 Å². The summed E-state index contributed by atoms with van der Waals surface area (Å²) in [7, 11) is 0. The van der Waals surface area contributed by atoms with Crippen LogP contribution < -0.4 is 11.1 Å². The van der Waals surface area contributed by atoms with E-state index in [1.165, 1.54) is 0 Å². The van der Waals surface area contributed by atoms with Gasteiger partial charge >= 0.3 is 12.2 Å². The number of amides is 2. The number of hydrogen-bond donors (Lipinski definition) is 2. The molecule has 1 aromatic carbocycles. The highest BCUT2D eigenvalue weighted by atomic mass is 16.6. The van der Waals surface area contributed by atoms with E-state index in [9.17, 15) is 9.59 Å². The van der Waals surface area contributed by atoms with Crippen molar-refractivity contribution in [2.24, 2.45) is 10.7 Å². The molecular weight excluding hydrogens is 372 g/mol. The van der Waals surface area contributed by atoms with E-state index in [1.807, 2.05) is 13.0 Å². The zero-order valence-electron chi connectivity index (χ0n) is 18.5. The highest BCUT2D eigenvalue weighted by molar-refractivity contribution is 5.92. The fraction of sp³-hybridized carbons (Fsp3) is 0.571. The van der Waals surface area contributed by atoms with Crippen molar-refractivity contribution in [3.8, 4) is 0 Å². The van der Waals surface area contributed by atoms with Crippen LogP contribution in [0.1, 0.15) is 60.5 Å². The van der Waals surface area contributed by atoms with Gasteiger partial charge in [-0.1, -0.05) is 19.1 Å². The van der Waals surface area contributed by atoms with E-state index < -0.39 is 23.4 Å². The van der Waals surface area contributed by atoms with Crippen molar-refractivity contribution < 1.29 is 19.1 Å². The maximum atomic E-state index is 12.6. The number of aliphatic imine (C=N–C) groups is 1. The van der Waals surface area contributed by atoms with Crippen LogP contribution in [0.5, 0.6) is 0 Å². The van der Waals surface area contributed by atoms with E-state index in [1.54, 1.807) is 59.7 Å². The van der Waals surface area contributed by atoms with Crippen LogP contribution in [-0.2, 0) is 16.0 Å². The molecule has 162 valence electrons. The first kappa shape index (κ1) is 24.3. The first-order valence-corrected chi connectivity index (χ1v) is 9.70. The Hall–Kier alpha value is -2.77. The molecule has 0 heterocycles. The lowest BCUT2D eigenvalue weighted by atomic mass is 10.2. The number of carbonyl (C=O) groups excluding carboxylic acids is 2. The molecule has 29 heavy (non-hydrogen) atoms. The number of imide groups is 1. The van der Waals surface area contributed by atoms with E-state index in [0.29, 0.717) is 23.8 Å². The smallest absolute Gasteiger partial charge is 0.420 e. The summed E-state index contributed by atoms with van der Waals surface area (Å²) in [6, 6.07) is 7.21. The number of carbonyl (C=O) groups is 2. The van der Waals surface area contributed by atoms with Crippen LogP contribution in [0.2, 0.25) is 0 Å². The highest BCUT2D eigenvalue weighted by Gasteiger charge is 2.31. The normalized spacial score (nSPS) is 12.3. The molecule has 0 aliphatic rings. The third-order valence-electron chi connectivity index (χ3n) is 3.27. The van der Waals surface area contributed by atoms with Crippen molar-refractivity contribution in [3.63, 3.8) is 0 Å². The van der Waals surface area contributed by atoms with Gasteiger partial charge in [0.15, 0.2) is 5.96 Å². The third kappa shape index (κ3) is 9.82. The van der Waals surface area contributed by atoms with Crippen LogP contribution in [0.3, 0.4) is 0 Å². The van der Waals surface area contributed by atoms with Gasteiger partial charge in [0.25, 0.3) is 0 Å². The molecule has 0 aliphatic heterocycles. The summed E-state index contributed by atoms with van der Waals surface area (Å²) >= 11 is 0. The molecule has 1 rings (SSSR count). The molecule has 0 bridgehead atoms. The molecule has 0 saturated carbocycles. The minimum Gasteiger partial charge on any atom is -0.443 e. The summed E-state index contributed by atoms with van der Waals surface area (Å²) < 4.78 is 10.8. The van der Waals surface area contributed by atoms with Crippen LogP contribution in [0.15, 0.2) is 29.3 Å². The summed E-state index contributed by atoms with van der Waals surface area (Å²) in [6.45, 7) is 13.1. The minimum absolute atomic E-state index is 0.00858. The zero-order valence-corrected chi connectivity index (χ0v) is 18.5. The van der Waals surface area contributed by atoms with Gasteiger partial charge in [0, 0.05) is 12.2 Å². The number of hydrogen-bond acceptors (Lipinski definition) is 5. The number of ether oxygens (including phenoxy) is 2. The van der Waals surface area contributed by atoms with Gasteiger partial charge in [0.1, 0.15) is 11.2 Å². The van der Waals surface area contributed by atoms with E-state index >= 15 is 0 Å². The summed E-state index contributed by atoms with van der Waals surface area (Å²) in [5.41, 5.74) is 5.77. The second-order valence-corrected chi connectivity index (χ2v) is 8.64. The molecule has 3 N–H and O–H groups in total. The van der Waals surface area contributed by atoms with Crippen molar-refractivity contribution >= 4 is 23.8 Å². The molecular formula is C21H34N4O4. The molecule has 0 fully saturated rings. The number of anilines is 1. The van der Waals surface area contributed by atoms with E-state index in [0.717, 1.165) is 11.3 Å². The molecule has 2 amide bonds. The van der Waals surface area contributed by atoms with Gasteiger partial charge in [-0.05, 0) is 65.7 Å². The Labute approximate surface area is 173 Å². The Bertz CT molecular complexity index is 705. The standard InChI is InChI=1S/C21H34N4O4/c1-8-12-23-17(22)24-16-11-9-10-15(13-16)14-25(18(26)28-20(2,3)4)19(27)29-21(5,6)7/h9-11,13H,8,12,14H2,1-7H3,(H3,22,23,24). The molecule has 0 aromatic heterocycles. The van der Waals surface area contributed by atoms with E-state index in [-0.39, 0.29) is 6.54 Å². The highest BCUT2D eigenvalue weighted by Crippen LogP contribution is 2.18. The molecule has 1 aromatic rings. The molecule has 0 spiro atoms. The Morgan fingerprint density at radius 1 is 1.07 bits per heavy atom. The molecule has 8 heteroatoms. The molecule has 0 saturated heterocycles. The van der Waals surface area contributed by atoms with Crippen LogP contribution in [0, 0.1) is 0 Å². The second kappa shape index (κ2) is 10.1. The van der Waals surface area contributed by atoms with Crippen LogP contribution in [0.25, 0.3) is 0 Å². The SMILES string of the molecule is CCCN=C(N)Nc1cccc(CN(C(=O)OC(C)(C)C)C(=O)OC(C)(C)C)c1. The summed E-state index contributed by atoms with van der Waals surface area (Å²) in [5.74, 6) is 0.306. The Balaban J connectivity index is 3.05. The summed E-state index contributed by atoms with van der Waals surface area (Å²) in [4.78, 5) is 30.4. The van der Waals surface area contributed by atoms with Gasteiger partial charge in [0.2, 0.25) is 0 Å². The molecule has 8 nitrogen and oxygen atoms in total. The van der Waals surface area contributed by atoms with E-state index in [4.69, 9.17) is 15.2 Å². The number of nitrogens with two attached hydrogens (primary N) is 1. The largest absolute Gasteiger partial charge is 0.443 e. The van der Waals surface area contributed by atoms with Crippen LogP contribution >= 0.6 is 0 Å². The van der Waals surface area contributed by atoms with Gasteiger partial charge in [-0.15, -0.1) is 0 Å². The lowest BCUT2D eigenvalue weighted by Gasteiger charge is -2.28. The first-order valence-electron chi connectivity index (χ1n) is 9.70. The maximum Gasteiger partial charge on any atom is 0.420 e. The average Bonchev–Trinajstić information content (AvgIpc) is 2.55. The molecule has 0 unspecified atom stereocenters. The van der Waals surface area contributed by atoms with E-state index in [2.05, 4.69) is 10.3 Å². The minimum atomic E-state index is -0.769. The summed E-state index contributed by atoms with van der Waals surface area (Å²) in [6.07, 6.45) is -0.647. The third-order valence-corrected chi connectivity index (χ3v) is 3.27. The van der Waals surface area contributed by atoms with Gasteiger partial charge in [-0.2, -0.15) is 0 Å². The van der Waals surface area contributed by atoms with Gasteiger partial charge < -0.3 is 20.5 Å². The second-order valence-electron chi connectivity index (χ2n) is 8.64. The average molecular weight is 407 g/mol. The van der Waals surface area contributed by atoms with Crippen molar-refractivity contribution in [1.29, 1.82) is 0 Å². The lowest BCUT2D eigenvalue weighted by molar-refractivity contribution is -0.000247. The van der Waals surface area contributed by atoms with Gasteiger partial charge in [-0.25, -0.2) is 14.5 Å². The van der Waals surface area contributed by atoms with Crippen molar-refractivity contribution in [3.05, 3.63) is 29.8 Å². The number of nitrogens with zero attached hydrogens (tertiary/aromatic N) is 2. The fourth-order valence-electron chi connectivity index (χ4n) is 2.19. The number of guanidine groups is 1. The fourth-order valence-corrected chi connectivity index (χ4v) is 2.19. The topological polar surface area (TPSA) is 106 Å². The van der Waals surface area contributed by atoms with Crippen molar-refractivity contribution in [2.75, 3.05) is 11.9 Å². The zero-order chi connectivity index (χ0) is 22.2. The Kier molecular flexibility index (Phi) is 8.48. The number of benzene rings is 1. The molecule has 0 atom stereocenters. The van der Waals surface area contributed by atoms with Crippen LogP contribution in [-0.4, -0.2) is 40.8 Å². The van der Waals surface area contributed by atoms with Crippen molar-refractivity contribution in [2.45, 2.75) is 72.6 Å². The Morgan fingerprint density at radius 3 is 2.10 bits per heavy atom. The number of rotatable bonds is 5. The first-order chi connectivity index (χ1) is 13.3. The van der Waals surface area contributed by atoms with Gasteiger partial charge in [0.05, 0.1) is 6.54 Å². The quantitative estimate of drug-likeness (QED) is 0.551. The lowest BCUT2D eigenvalue weighted by Crippen LogP contribution is -2.43.